The zero-order valence-electron chi connectivity index (χ0n) is 13.3. The molecule has 1 aliphatic heterocycles. The van der Waals surface area contributed by atoms with Crippen LogP contribution in [0.25, 0.3) is 16.6 Å². The van der Waals surface area contributed by atoms with E-state index in [1.54, 1.807) is 10.6 Å². The zero-order chi connectivity index (χ0) is 17.6. The minimum Gasteiger partial charge on any atom is -0.504 e. The van der Waals surface area contributed by atoms with Crippen molar-refractivity contribution < 1.29 is 23.0 Å². The molecule has 25 heavy (non-hydrogen) atoms. The van der Waals surface area contributed by atoms with Crippen LogP contribution in [0.1, 0.15) is 24.5 Å². The number of aromatic nitrogens is 1. The molecule has 0 bridgehead atoms. The smallest absolute Gasteiger partial charge is 0.168 e. The van der Waals surface area contributed by atoms with Gasteiger partial charge in [-0.3, -0.25) is 0 Å². The van der Waals surface area contributed by atoms with Gasteiger partial charge in [0.05, 0.1) is 5.52 Å². The number of phenolic OH excluding ortho intramolecular Hbond substituents is 1. The van der Waals surface area contributed by atoms with E-state index in [1.165, 1.54) is 24.3 Å². The van der Waals surface area contributed by atoms with Gasteiger partial charge in [-0.05, 0) is 43.2 Å². The first-order valence-electron chi connectivity index (χ1n) is 8.12. The summed E-state index contributed by atoms with van der Waals surface area (Å²) in [7, 11) is 0. The molecule has 1 fully saturated rings. The highest BCUT2D eigenvalue weighted by Crippen LogP contribution is 2.39. The lowest BCUT2D eigenvalue weighted by atomic mass is 9.96. The minimum atomic E-state index is -1.00. The summed E-state index contributed by atoms with van der Waals surface area (Å²) in [5, 5.41) is 10.2. The standard InChI is InChI=1S/C19H16F3NO2/c20-12-1-3-13(4-2-12)23-17(11-5-7-25-8-6-11)9-14-18(23)15(21)10-16(22)19(14)24/h1-4,9-11,24H,5-8H2. The fraction of sp³-hybridized carbons (Fsp3) is 0.263. The van der Waals surface area contributed by atoms with Crippen molar-refractivity contribution in [3.63, 3.8) is 0 Å². The average Bonchev–Trinajstić information content (AvgIpc) is 3.02. The molecule has 3 nitrogen and oxygen atoms in total. The molecule has 0 spiro atoms. The summed E-state index contributed by atoms with van der Waals surface area (Å²) in [5.74, 6) is -2.67. The lowest BCUT2D eigenvalue weighted by molar-refractivity contribution is 0.0842. The maximum atomic E-state index is 14.6. The van der Waals surface area contributed by atoms with Crippen LogP contribution in [-0.2, 0) is 4.74 Å². The largest absolute Gasteiger partial charge is 0.504 e. The third-order valence-electron chi connectivity index (χ3n) is 4.71. The number of nitrogens with zero attached hydrogens (tertiary/aromatic N) is 1. The van der Waals surface area contributed by atoms with E-state index in [4.69, 9.17) is 4.74 Å². The Hall–Kier alpha value is -2.47. The maximum absolute atomic E-state index is 14.6. The molecule has 0 saturated carbocycles. The molecule has 0 unspecified atom stereocenters. The van der Waals surface area contributed by atoms with Crippen molar-refractivity contribution in [3.8, 4) is 11.4 Å². The van der Waals surface area contributed by atoms with Crippen LogP contribution in [0.15, 0.2) is 36.4 Å². The second kappa shape index (κ2) is 6.11. The number of phenols is 1. The van der Waals surface area contributed by atoms with Gasteiger partial charge in [0.15, 0.2) is 17.4 Å². The van der Waals surface area contributed by atoms with Gasteiger partial charge in [-0.15, -0.1) is 0 Å². The van der Waals surface area contributed by atoms with Crippen molar-refractivity contribution in [2.45, 2.75) is 18.8 Å². The molecule has 1 N–H and O–H groups in total. The van der Waals surface area contributed by atoms with E-state index in [1.807, 2.05) is 0 Å². The van der Waals surface area contributed by atoms with E-state index in [-0.39, 0.29) is 16.8 Å². The Bertz CT molecular complexity index is 928. The molecule has 0 aliphatic carbocycles. The van der Waals surface area contributed by atoms with Crippen LogP contribution in [0.4, 0.5) is 13.2 Å². The average molecular weight is 347 g/mol. The van der Waals surface area contributed by atoms with Crippen LogP contribution in [0.5, 0.6) is 5.75 Å². The van der Waals surface area contributed by atoms with Crippen LogP contribution < -0.4 is 0 Å². The number of hydrogen-bond acceptors (Lipinski definition) is 2. The molecule has 0 atom stereocenters. The van der Waals surface area contributed by atoms with Gasteiger partial charge in [0.1, 0.15) is 5.82 Å². The van der Waals surface area contributed by atoms with Crippen LogP contribution in [0, 0.1) is 17.5 Å². The molecule has 6 heteroatoms. The first-order valence-corrected chi connectivity index (χ1v) is 8.12. The summed E-state index contributed by atoms with van der Waals surface area (Å²) >= 11 is 0. The van der Waals surface area contributed by atoms with E-state index < -0.39 is 23.2 Å². The van der Waals surface area contributed by atoms with Gasteiger partial charge in [0, 0.05) is 42.0 Å². The Morgan fingerprint density at radius 3 is 2.32 bits per heavy atom. The minimum absolute atomic E-state index is 0.0769. The second-order valence-electron chi connectivity index (χ2n) is 6.22. The van der Waals surface area contributed by atoms with Crippen molar-refractivity contribution >= 4 is 10.9 Å². The van der Waals surface area contributed by atoms with Gasteiger partial charge < -0.3 is 14.4 Å². The van der Waals surface area contributed by atoms with E-state index in [9.17, 15) is 18.3 Å². The Labute approximate surface area is 142 Å². The number of fused-ring (bicyclic) bond motifs is 1. The topological polar surface area (TPSA) is 34.4 Å². The highest BCUT2D eigenvalue weighted by Gasteiger charge is 2.26. The number of hydrogen-bond donors (Lipinski definition) is 1. The molecule has 1 saturated heterocycles. The maximum Gasteiger partial charge on any atom is 0.168 e. The Balaban J connectivity index is 2.02. The Morgan fingerprint density at radius 1 is 0.960 bits per heavy atom. The Morgan fingerprint density at radius 2 is 1.64 bits per heavy atom. The molecule has 0 radical (unpaired) electrons. The first kappa shape index (κ1) is 16.0. The van der Waals surface area contributed by atoms with Gasteiger partial charge in [-0.1, -0.05) is 0 Å². The number of aromatic hydroxyl groups is 1. The van der Waals surface area contributed by atoms with E-state index in [2.05, 4.69) is 0 Å². The normalized spacial score (nSPS) is 15.8. The predicted octanol–water partition coefficient (Wildman–Crippen LogP) is 4.65. The summed E-state index contributed by atoms with van der Waals surface area (Å²) in [6.45, 7) is 1.16. The van der Waals surface area contributed by atoms with Crippen LogP contribution in [0.2, 0.25) is 0 Å². The number of ether oxygens (including phenoxy) is 1. The van der Waals surface area contributed by atoms with Gasteiger partial charge in [-0.25, -0.2) is 13.2 Å². The SMILES string of the molecule is Oc1c(F)cc(F)c2c1cc(C1CCOCC1)n2-c1ccc(F)cc1. The van der Waals surface area contributed by atoms with Crippen molar-refractivity contribution in [1.29, 1.82) is 0 Å². The van der Waals surface area contributed by atoms with Gasteiger partial charge in [0.2, 0.25) is 0 Å². The van der Waals surface area contributed by atoms with E-state index in [0.29, 0.717) is 25.0 Å². The molecule has 3 aromatic rings. The fourth-order valence-corrected chi connectivity index (χ4v) is 3.49. The van der Waals surface area contributed by atoms with Crippen LogP contribution in [-0.4, -0.2) is 22.9 Å². The lowest BCUT2D eigenvalue weighted by Crippen LogP contribution is -2.16. The molecule has 130 valence electrons. The molecule has 2 heterocycles. The number of halogens is 3. The van der Waals surface area contributed by atoms with Crippen LogP contribution in [0.3, 0.4) is 0 Å². The highest BCUT2D eigenvalue weighted by atomic mass is 19.1. The molecule has 1 aromatic heterocycles. The fourth-order valence-electron chi connectivity index (χ4n) is 3.49. The highest BCUT2D eigenvalue weighted by molar-refractivity contribution is 5.89. The quantitative estimate of drug-likeness (QED) is 0.732. The summed E-state index contributed by atoms with van der Waals surface area (Å²) in [6, 6.07) is 7.95. The third kappa shape index (κ3) is 2.66. The van der Waals surface area contributed by atoms with Gasteiger partial charge in [-0.2, -0.15) is 0 Å². The zero-order valence-corrected chi connectivity index (χ0v) is 13.3. The Kier molecular flexibility index (Phi) is 3.92. The lowest BCUT2D eigenvalue weighted by Gasteiger charge is -2.24. The predicted molar refractivity (Wildman–Crippen MR) is 87.6 cm³/mol. The monoisotopic (exact) mass is 347 g/mol. The molecule has 4 rings (SSSR count). The molecular weight excluding hydrogens is 331 g/mol. The van der Waals surface area contributed by atoms with E-state index >= 15 is 0 Å². The molecule has 1 aliphatic rings. The molecule has 0 amide bonds. The summed E-state index contributed by atoms with van der Waals surface area (Å²) in [4.78, 5) is 0. The molecule has 2 aromatic carbocycles. The van der Waals surface area contributed by atoms with Gasteiger partial charge in [0.25, 0.3) is 0 Å². The summed E-state index contributed by atoms with van der Waals surface area (Å²) < 4.78 is 48.7. The van der Waals surface area contributed by atoms with Crippen molar-refractivity contribution in [1.82, 2.24) is 4.57 Å². The second-order valence-corrected chi connectivity index (χ2v) is 6.22. The van der Waals surface area contributed by atoms with E-state index in [0.717, 1.165) is 18.5 Å². The van der Waals surface area contributed by atoms with Gasteiger partial charge >= 0.3 is 0 Å². The summed E-state index contributed by atoms with van der Waals surface area (Å²) in [5.41, 5.74) is 1.40. The number of benzene rings is 2. The van der Waals surface area contributed by atoms with Crippen LogP contribution >= 0.6 is 0 Å². The van der Waals surface area contributed by atoms with Crippen molar-refractivity contribution in [3.05, 3.63) is 59.5 Å². The van der Waals surface area contributed by atoms with Crippen molar-refractivity contribution in [2.75, 3.05) is 13.2 Å². The summed E-state index contributed by atoms with van der Waals surface area (Å²) in [6.07, 6.45) is 1.48. The van der Waals surface area contributed by atoms with Crippen molar-refractivity contribution in [2.24, 2.45) is 0 Å². The first-order chi connectivity index (χ1) is 12.1. The molecular formula is C19H16F3NO2. The number of rotatable bonds is 2. The third-order valence-corrected chi connectivity index (χ3v) is 4.71.